The van der Waals surface area contributed by atoms with Gasteiger partial charge in [-0.3, -0.25) is 0 Å². The fourth-order valence-corrected chi connectivity index (χ4v) is 2.62. The molecule has 1 aromatic carbocycles. The monoisotopic (exact) mass is 377 g/mol. The molecule has 0 atom stereocenters. The lowest BCUT2D eigenvalue weighted by Crippen LogP contribution is -2.02. The Morgan fingerprint density at radius 3 is 2.71 bits per heavy atom. The molecule has 6 heteroatoms. The minimum atomic E-state index is 0.368. The zero-order valence-corrected chi connectivity index (χ0v) is 13.0. The summed E-state index contributed by atoms with van der Waals surface area (Å²) in [6.07, 6.45) is 0. The molecule has 0 aliphatic rings. The second-order valence-electron chi connectivity index (χ2n) is 3.44. The molecule has 0 radical (unpaired) electrons. The van der Waals surface area contributed by atoms with Crippen molar-refractivity contribution in [3.8, 4) is 11.4 Å². The summed E-state index contributed by atoms with van der Waals surface area (Å²) in [6, 6.07) is 5.97. The minimum Gasteiger partial charge on any atom is -0.310 e. The molecule has 0 aliphatic carbocycles. The molecule has 0 unspecified atom stereocenters. The molecular weight excluding hydrogens is 369 g/mol. The van der Waals surface area contributed by atoms with Crippen LogP contribution in [0, 0.1) is 0 Å². The van der Waals surface area contributed by atoms with Gasteiger partial charge in [-0.15, -0.1) is 21.8 Å². The summed E-state index contributed by atoms with van der Waals surface area (Å²) in [7, 11) is 0. The van der Waals surface area contributed by atoms with Crippen molar-refractivity contribution >= 4 is 43.5 Å². The number of halogens is 3. The number of aromatic nitrogens is 3. The van der Waals surface area contributed by atoms with Gasteiger partial charge < -0.3 is 4.57 Å². The highest BCUT2D eigenvalue weighted by Gasteiger charge is 2.14. The summed E-state index contributed by atoms with van der Waals surface area (Å²) in [4.78, 5) is 0. The topological polar surface area (TPSA) is 30.7 Å². The molecule has 17 heavy (non-hydrogen) atoms. The molecule has 2 aromatic rings. The Morgan fingerprint density at radius 1 is 1.29 bits per heavy atom. The zero-order valence-electron chi connectivity index (χ0n) is 9.12. The molecule has 0 fully saturated rings. The number of hydrogen-bond acceptors (Lipinski definition) is 2. The second kappa shape index (κ2) is 5.50. The zero-order chi connectivity index (χ0) is 12.4. The summed E-state index contributed by atoms with van der Waals surface area (Å²) in [5, 5.41) is 8.31. The van der Waals surface area contributed by atoms with Gasteiger partial charge in [0.25, 0.3) is 0 Å². The Morgan fingerprint density at radius 2 is 2.06 bits per heavy atom. The molecule has 2 rings (SSSR count). The van der Waals surface area contributed by atoms with Gasteiger partial charge in [-0.25, -0.2) is 0 Å². The number of nitrogens with zero attached hydrogens (tertiary/aromatic N) is 3. The van der Waals surface area contributed by atoms with E-state index in [1.807, 2.05) is 22.8 Å². The molecule has 0 aliphatic heterocycles. The Balaban J connectivity index is 2.59. The van der Waals surface area contributed by atoms with E-state index in [0.717, 1.165) is 32.7 Å². The van der Waals surface area contributed by atoms with Gasteiger partial charge in [0.1, 0.15) is 5.82 Å². The Hall–Kier alpha value is -0.390. The van der Waals surface area contributed by atoms with Gasteiger partial charge in [-0.1, -0.05) is 31.9 Å². The van der Waals surface area contributed by atoms with Gasteiger partial charge in [-0.2, -0.15) is 0 Å². The summed E-state index contributed by atoms with van der Waals surface area (Å²) >= 11 is 12.8. The Bertz CT molecular complexity index is 540. The summed E-state index contributed by atoms with van der Waals surface area (Å²) in [5.74, 6) is 1.99. The van der Waals surface area contributed by atoms with Crippen molar-refractivity contribution < 1.29 is 0 Å². The smallest absolute Gasteiger partial charge is 0.165 e. The number of rotatable bonds is 3. The summed E-state index contributed by atoms with van der Waals surface area (Å²) in [6.45, 7) is 2.85. The molecule has 3 nitrogen and oxygen atoms in total. The van der Waals surface area contributed by atoms with E-state index in [0.29, 0.717) is 5.88 Å². The van der Waals surface area contributed by atoms with Crippen LogP contribution in [0.1, 0.15) is 12.7 Å². The van der Waals surface area contributed by atoms with Gasteiger partial charge in [0.15, 0.2) is 5.82 Å². The lowest BCUT2D eigenvalue weighted by atomic mass is 10.2. The lowest BCUT2D eigenvalue weighted by Gasteiger charge is -2.08. The van der Waals surface area contributed by atoms with Crippen LogP contribution in [-0.4, -0.2) is 14.8 Å². The van der Waals surface area contributed by atoms with E-state index in [1.54, 1.807) is 0 Å². The Labute approximate surface area is 121 Å². The van der Waals surface area contributed by atoms with Crippen LogP contribution in [0.3, 0.4) is 0 Å². The lowest BCUT2D eigenvalue weighted by molar-refractivity contribution is 0.731. The van der Waals surface area contributed by atoms with Crippen molar-refractivity contribution in [3.05, 3.63) is 33.0 Å². The van der Waals surface area contributed by atoms with E-state index in [9.17, 15) is 0 Å². The quantitative estimate of drug-likeness (QED) is 0.748. The molecule has 90 valence electrons. The SMILES string of the molecule is CCn1c(CCl)nnc1-c1cc(Br)ccc1Br. The largest absolute Gasteiger partial charge is 0.310 e. The van der Waals surface area contributed by atoms with E-state index in [4.69, 9.17) is 11.6 Å². The van der Waals surface area contributed by atoms with Gasteiger partial charge in [0, 0.05) is 21.1 Å². The van der Waals surface area contributed by atoms with E-state index < -0.39 is 0 Å². The van der Waals surface area contributed by atoms with Gasteiger partial charge in [0.2, 0.25) is 0 Å². The van der Waals surface area contributed by atoms with Crippen LogP contribution >= 0.6 is 43.5 Å². The molecule has 0 spiro atoms. The standard InChI is InChI=1S/C11H10Br2ClN3/c1-2-17-10(6-14)15-16-11(17)8-5-7(12)3-4-9(8)13/h3-5H,2,6H2,1H3. The third-order valence-electron chi connectivity index (χ3n) is 2.43. The third kappa shape index (κ3) is 2.56. The predicted molar refractivity (Wildman–Crippen MR) is 76.1 cm³/mol. The van der Waals surface area contributed by atoms with Crippen molar-refractivity contribution in [1.82, 2.24) is 14.8 Å². The van der Waals surface area contributed by atoms with Crippen LogP contribution in [0.5, 0.6) is 0 Å². The molecule has 1 aromatic heterocycles. The molecule has 0 amide bonds. The van der Waals surface area contributed by atoms with Crippen molar-refractivity contribution in [2.45, 2.75) is 19.3 Å². The van der Waals surface area contributed by atoms with Crippen LogP contribution in [0.4, 0.5) is 0 Å². The van der Waals surface area contributed by atoms with Crippen molar-refractivity contribution in [1.29, 1.82) is 0 Å². The summed E-state index contributed by atoms with van der Waals surface area (Å²) < 4.78 is 4.01. The molecule has 0 N–H and O–H groups in total. The maximum Gasteiger partial charge on any atom is 0.165 e. The van der Waals surface area contributed by atoms with Crippen molar-refractivity contribution in [2.24, 2.45) is 0 Å². The number of benzene rings is 1. The van der Waals surface area contributed by atoms with Crippen LogP contribution in [0.25, 0.3) is 11.4 Å². The number of alkyl halides is 1. The highest BCUT2D eigenvalue weighted by Crippen LogP contribution is 2.30. The first-order valence-electron chi connectivity index (χ1n) is 5.10. The van der Waals surface area contributed by atoms with Crippen molar-refractivity contribution in [2.75, 3.05) is 0 Å². The first-order chi connectivity index (χ1) is 8.17. The van der Waals surface area contributed by atoms with Crippen molar-refractivity contribution in [3.63, 3.8) is 0 Å². The summed E-state index contributed by atoms with van der Waals surface area (Å²) in [5.41, 5.74) is 1.00. The fraction of sp³-hybridized carbons (Fsp3) is 0.273. The average Bonchev–Trinajstić information content (AvgIpc) is 2.74. The molecular formula is C11H10Br2ClN3. The van der Waals surface area contributed by atoms with Gasteiger partial charge in [-0.05, 0) is 25.1 Å². The van der Waals surface area contributed by atoms with Gasteiger partial charge >= 0.3 is 0 Å². The maximum absolute atomic E-state index is 5.84. The van der Waals surface area contributed by atoms with Crippen LogP contribution < -0.4 is 0 Å². The normalized spacial score (nSPS) is 10.8. The third-order valence-corrected chi connectivity index (χ3v) is 3.86. The first-order valence-corrected chi connectivity index (χ1v) is 7.23. The molecule has 1 heterocycles. The van der Waals surface area contributed by atoms with E-state index in [2.05, 4.69) is 49.0 Å². The van der Waals surface area contributed by atoms with E-state index in [1.165, 1.54) is 0 Å². The molecule has 0 saturated carbocycles. The fourth-order valence-electron chi connectivity index (χ4n) is 1.63. The van der Waals surface area contributed by atoms with Crippen LogP contribution in [0.15, 0.2) is 27.1 Å². The minimum absolute atomic E-state index is 0.368. The van der Waals surface area contributed by atoms with E-state index in [-0.39, 0.29) is 0 Å². The van der Waals surface area contributed by atoms with Crippen LogP contribution in [-0.2, 0) is 12.4 Å². The highest BCUT2D eigenvalue weighted by atomic mass is 79.9. The Kier molecular flexibility index (Phi) is 4.22. The second-order valence-corrected chi connectivity index (χ2v) is 5.48. The first kappa shape index (κ1) is 13.1. The van der Waals surface area contributed by atoms with E-state index >= 15 is 0 Å². The highest BCUT2D eigenvalue weighted by molar-refractivity contribution is 9.11. The molecule has 0 saturated heterocycles. The predicted octanol–water partition coefficient (Wildman–Crippen LogP) is 4.23. The maximum atomic E-state index is 5.84. The average molecular weight is 379 g/mol. The van der Waals surface area contributed by atoms with Gasteiger partial charge in [0.05, 0.1) is 5.88 Å². The van der Waals surface area contributed by atoms with Crippen LogP contribution in [0.2, 0.25) is 0 Å². The number of hydrogen-bond donors (Lipinski definition) is 0. The molecule has 0 bridgehead atoms.